The minimum absolute atomic E-state index is 0.201. The highest BCUT2D eigenvalue weighted by atomic mass is 16.5. The van der Waals surface area contributed by atoms with E-state index in [0.29, 0.717) is 11.4 Å². The van der Waals surface area contributed by atoms with Crippen LogP contribution >= 0.6 is 0 Å². The van der Waals surface area contributed by atoms with E-state index in [9.17, 15) is 4.79 Å². The first kappa shape index (κ1) is 16.6. The van der Waals surface area contributed by atoms with Crippen LogP contribution in [0.2, 0.25) is 0 Å². The Labute approximate surface area is 136 Å². The zero-order valence-corrected chi connectivity index (χ0v) is 14.0. The third-order valence-electron chi connectivity index (χ3n) is 3.32. The number of nitrogens with zero attached hydrogens (tertiary/aromatic N) is 1. The van der Waals surface area contributed by atoms with E-state index in [-0.39, 0.29) is 11.4 Å². The molecule has 0 aliphatic rings. The van der Waals surface area contributed by atoms with Crippen LogP contribution in [0.3, 0.4) is 0 Å². The van der Waals surface area contributed by atoms with Gasteiger partial charge in [-0.1, -0.05) is 23.6 Å². The molecule has 0 atom stereocenters. The van der Waals surface area contributed by atoms with Gasteiger partial charge in [0.15, 0.2) is 0 Å². The predicted octanol–water partition coefficient (Wildman–Crippen LogP) is 3.96. The fourth-order valence-corrected chi connectivity index (χ4v) is 2.41. The highest BCUT2D eigenvalue weighted by molar-refractivity contribution is 5.92. The Morgan fingerprint density at radius 1 is 1.13 bits per heavy atom. The van der Waals surface area contributed by atoms with Crippen LogP contribution in [0.4, 0.5) is 0 Å². The van der Waals surface area contributed by atoms with Crippen LogP contribution < -0.4 is 4.74 Å². The quantitative estimate of drug-likeness (QED) is 0.636. The number of pyridine rings is 1. The molecule has 0 amide bonds. The van der Waals surface area contributed by atoms with Gasteiger partial charge in [-0.15, -0.1) is 0 Å². The van der Waals surface area contributed by atoms with Gasteiger partial charge in [-0.05, 0) is 56.9 Å². The molecule has 4 nitrogen and oxygen atoms in total. The van der Waals surface area contributed by atoms with E-state index in [1.54, 1.807) is 19.1 Å². The van der Waals surface area contributed by atoms with E-state index < -0.39 is 5.97 Å². The van der Waals surface area contributed by atoms with Gasteiger partial charge in [-0.3, -0.25) is 0 Å². The van der Waals surface area contributed by atoms with Crippen LogP contribution in [0.25, 0.3) is 0 Å². The number of benzene rings is 1. The van der Waals surface area contributed by atoms with Crippen molar-refractivity contribution in [2.24, 2.45) is 0 Å². The molecule has 0 spiro atoms. The Bertz CT molecular complexity index is 790. The van der Waals surface area contributed by atoms with Crippen molar-refractivity contribution in [1.29, 1.82) is 0 Å². The molecule has 0 aliphatic heterocycles. The van der Waals surface area contributed by atoms with E-state index in [2.05, 4.69) is 16.8 Å². The van der Waals surface area contributed by atoms with E-state index in [1.807, 2.05) is 32.9 Å². The first-order valence-electron chi connectivity index (χ1n) is 7.24. The number of carbonyl (C=O) groups is 1. The fraction of sp³-hybridized carbons (Fsp3) is 0.263. The van der Waals surface area contributed by atoms with E-state index in [0.717, 1.165) is 16.7 Å². The number of carbonyl (C=O) groups excluding carboxylic acids is 1. The Hall–Kier alpha value is -2.80. The number of aryl methyl sites for hydroxylation is 3. The lowest BCUT2D eigenvalue weighted by molar-refractivity contribution is 0.0597. The standard InChI is InChI=1S/C19H19NO3/c1-6-7-15-8-9-16(19(21)22-5)18(20-15)23-17-13(3)10-12(2)11-14(17)4/h8-11H,1-5H3. The number of ether oxygens (including phenoxy) is 2. The molecule has 0 aliphatic carbocycles. The van der Waals surface area contributed by atoms with Crippen molar-refractivity contribution in [3.05, 3.63) is 52.2 Å². The number of esters is 1. The van der Waals surface area contributed by atoms with Gasteiger partial charge >= 0.3 is 5.97 Å². The van der Waals surface area contributed by atoms with Crippen molar-refractivity contribution in [1.82, 2.24) is 4.98 Å². The molecule has 118 valence electrons. The highest BCUT2D eigenvalue weighted by Crippen LogP contribution is 2.31. The average molecular weight is 309 g/mol. The number of aromatic nitrogens is 1. The van der Waals surface area contributed by atoms with Gasteiger partial charge in [-0.25, -0.2) is 9.78 Å². The summed E-state index contributed by atoms with van der Waals surface area (Å²) >= 11 is 0. The molecule has 1 heterocycles. The summed E-state index contributed by atoms with van der Waals surface area (Å²) in [5.41, 5.74) is 3.92. The molecule has 0 saturated heterocycles. The topological polar surface area (TPSA) is 48.4 Å². The molecule has 0 unspecified atom stereocenters. The van der Waals surface area contributed by atoms with Gasteiger partial charge in [0.1, 0.15) is 17.0 Å². The Kier molecular flexibility index (Phi) is 5.02. The minimum atomic E-state index is -0.495. The van der Waals surface area contributed by atoms with Crippen molar-refractivity contribution in [3.8, 4) is 23.5 Å². The third-order valence-corrected chi connectivity index (χ3v) is 3.32. The molecular weight excluding hydrogens is 290 g/mol. The second-order valence-electron chi connectivity index (χ2n) is 5.25. The second kappa shape index (κ2) is 6.97. The maximum Gasteiger partial charge on any atom is 0.343 e. The monoisotopic (exact) mass is 309 g/mol. The largest absolute Gasteiger partial charge is 0.465 e. The number of hydrogen-bond donors (Lipinski definition) is 0. The van der Waals surface area contributed by atoms with Crippen LogP contribution in [0.1, 0.15) is 39.7 Å². The van der Waals surface area contributed by atoms with Crippen LogP contribution in [-0.4, -0.2) is 18.1 Å². The molecule has 0 saturated carbocycles. The predicted molar refractivity (Wildman–Crippen MR) is 88.9 cm³/mol. The Morgan fingerprint density at radius 3 is 2.35 bits per heavy atom. The third kappa shape index (κ3) is 3.70. The lowest BCUT2D eigenvalue weighted by atomic mass is 10.1. The molecule has 2 aromatic rings. The Morgan fingerprint density at radius 2 is 1.78 bits per heavy atom. The molecule has 2 rings (SSSR count). The molecule has 1 aromatic heterocycles. The molecule has 0 N–H and O–H groups in total. The molecule has 0 radical (unpaired) electrons. The zero-order valence-electron chi connectivity index (χ0n) is 14.0. The van der Waals surface area contributed by atoms with Crippen LogP contribution in [0.5, 0.6) is 11.6 Å². The van der Waals surface area contributed by atoms with Gasteiger partial charge in [0.05, 0.1) is 7.11 Å². The lowest BCUT2D eigenvalue weighted by Gasteiger charge is -2.14. The van der Waals surface area contributed by atoms with Crippen molar-refractivity contribution in [3.63, 3.8) is 0 Å². The molecule has 0 fully saturated rings. The second-order valence-corrected chi connectivity index (χ2v) is 5.25. The SMILES string of the molecule is CC#Cc1ccc(C(=O)OC)c(Oc2c(C)cc(C)cc2C)n1. The molecule has 0 bridgehead atoms. The van der Waals surface area contributed by atoms with E-state index >= 15 is 0 Å². The Balaban J connectivity index is 2.54. The number of methoxy groups -OCH3 is 1. The van der Waals surface area contributed by atoms with Gasteiger partial charge in [0.25, 0.3) is 0 Å². The molecule has 23 heavy (non-hydrogen) atoms. The van der Waals surface area contributed by atoms with Gasteiger partial charge in [0.2, 0.25) is 5.88 Å². The van der Waals surface area contributed by atoms with Gasteiger partial charge < -0.3 is 9.47 Å². The summed E-state index contributed by atoms with van der Waals surface area (Å²) in [6, 6.07) is 7.34. The number of hydrogen-bond acceptors (Lipinski definition) is 4. The maximum atomic E-state index is 11.9. The molecule has 4 heteroatoms. The lowest BCUT2D eigenvalue weighted by Crippen LogP contribution is -2.07. The zero-order chi connectivity index (χ0) is 17.0. The van der Waals surface area contributed by atoms with Crippen molar-refractivity contribution < 1.29 is 14.3 Å². The summed E-state index contributed by atoms with van der Waals surface area (Å²) < 4.78 is 10.8. The van der Waals surface area contributed by atoms with Crippen molar-refractivity contribution in [2.75, 3.05) is 7.11 Å². The summed E-state index contributed by atoms with van der Waals surface area (Å²) in [6.45, 7) is 7.68. The van der Waals surface area contributed by atoms with Gasteiger partial charge in [0, 0.05) is 0 Å². The van der Waals surface area contributed by atoms with Gasteiger partial charge in [-0.2, -0.15) is 0 Å². The summed E-state index contributed by atoms with van der Waals surface area (Å²) in [5, 5.41) is 0. The number of rotatable bonds is 3. The molecule has 1 aromatic carbocycles. The van der Waals surface area contributed by atoms with Crippen molar-refractivity contribution in [2.45, 2.75) is 27.7 Å². The van der Waals surface area contributed by atoms with Crippen LogP contribution in [0.15, 0.2) is 24.3 Å². The average Bonchev–Trinajstić information content (AvgIpc) is 2.50. The summed E-state index contributed by atoms with van der Waals surface area (Å²) in [5.74, 6) is 6.04. The summed E-state index contributed by atoms with van der Waals surface area (Å²) in [4.78, 5) is 16.3. The minimum Gasteiger partial charge on any atom is -0.465 e. The first-order valence-corrected chi connectivity index (χ1v) is 7.24. The normalized spacial score (nSPS) is 9.78. The van der Waals surface area contributed by atoms with E-state index in [1.165, 1.54) is 7.11 Å². The van der Waals surface area contributed by atoms with Crippen molar-refractivity contribution >= 4 is 5.97 Å². The smallest absolute Gasteiger partial charge is 0.343 e. The summed E-state index contributed by atoms with van der Waals surface area (Å²) in [7, 11) is 1.33. The van der Waals surface area contributed by atoms with Crippen LogP contribution in [0, 0.1) is 32.6 Å². The maximum absolute atomic E-state index is 11.9. The highest BCUT2D eigenvalue weighted by Gasteiger charge is 2.17. The molecular formula is C19H19NO3. The first-order chi connectivity index (χ1) is 11.0. The summed E-state index contributed by atoms with van der Waals surface area (Å²) in [6.07, 6.45) is 0. The van der Waals surface area contributed by atoms with Crippen LogP contribution in [-0.2, 0) is 4.74 Å². The van der Waals surface area contributed by atoms with E-state index in [4.69, 9.17) is 9.47 Å². The fourth-order valence-electron chi connectivity index (χ4n) is 2.41.